The molecule has 0 aliphatic rings. The first-order valence-corrected chi connectivity index (χ1v) is 8.55. The Morgan fingerprint density at radius 3 is 2.52 bits per heavy atom. The molecule has 5 nitrogen and oxygen atoms in total. The highest BCUT2D eigenvalue weighted by atomic mass is 127. The van der Waals surface area contributed by atoms with E-state index in [-0.39, 0.29) is 24.0 Å². The van der Waals surface area contributed by atoms with Crippen LogP contribution >= 0.6 is 24.0 Å². The van der Waals surface area contributed by atoms with Gasteiger partial charge < -0.3 is 15.8 Å². The number of ether oxygens (including phenoxy) is 1. The van der Waals surface area contributed by atoms with Gasteiger partial charge in [0.25, 0.3) is 0 Å². The minimum Gasteiger partial charge on any atom is -0.457 e. The van der Waals surface area contributed by atoms with E-state index in [1.54, 1.807) is 6.20 Å². The lowest BCUT2D eigenvalue weighted by Gasteiger charge is -2.08. The van der Waals surface area contributed by atoms with Gasteiger partial charge in [0.15, 0.2) is 5.96 Å². The summed E-state index contributed by atoms with van der Waals surface area (Å²) in [6.45, 7) is 1.19. The van der Waals surface area contributed by atoms with Crippen molar-refractivity contribution in [3.8, 4) is 11.5 Å². The van der Waals surface area contributed by atoms with Crippen molar-refractivity contribution in [1.29, 1.82) is 0 Å². The van der Waals surface area contributed by atoms with E-state index in [0.29, 0.717) is 19.0 Å². The maximum absolute atomic E-state index is 5.93. The molecular weight excluding hydrogens is 451 g/mol. The average Bonchev–Trinajstić information content (AvgIpc) is 2.68. The highest BCUT2D eigenvalue weighted by Gasteiger charge is 2.00. The number of hydrogen-bond acceptors (Lipinski definition) is 3. The zero-order valence-corrected chi connectivity index (χ0v) is 17.2. The molecule has 0 unspecified atom stereocenters. The van der Waals surface area contributed by atoms with E-state index in [9.17, 15) is 0 Å². The number of nitrogens with zero attached hydrogens (tertiary/aromatic N) is 2. The predicted octanol–water partition coefficient (Wildman–Crippen LogP) is 4.14. The number of nitrogens with one attached hydrogen (secondary N) is 1. The Hall–Kier alpha value is -2.61. The molecule has 140 valence electrons. The first-order valence-electron chi connectivity index (χ1n) is 8.55. The van der Waals surface area contributed by atoms with Crippen molar-refractivity contribution >= 4 is 29.9 Å². The fourth-order valence-electron chi connectivity index (χ4n) is 2.43. The van der Waals surface area contributed by atoms with Gasteiger partial charge in [-0.2, -0.15) is 0 Å². The van der Waals surface area contributed by atoms with E-state index in [1.165, 1.54) is 0 Å². The average molecular weight is 474 g/mol. The van der Waals surface area contributed by atoms with Crippen LogP contribution in [0.4, 0.5) is 0 Å². The normalized spacial score (nSPS) is 10.7. The van der Waals surface area contributed by atoms with Gasteiger partial charge >= 0.3 is 0 Å². The molecule has 0 spiro atoms. The van der Waals surface area contributed by atoms with E-state index in [2.05, 4.69) is 15.3 Å². The maximum Gasteiger partial charge on any atom is 0.188 e. The summed E-state index contributed by atoms with van der Waals surface area (Å²) in [7, 11) is 0. The van der Waals surface area contributed by atoms with Crippen molar-refractivity contribution in [3.63, 3.8) is 0 Å². The van der Waals surface area contributed by atoms with Crippen LogP contribution in [0.5, 0.6) is 11.5 Å². The van der Waals surface area contributed by atoms with Crippen LogP contribution in [0.15, 0.2) is 84.0 Å². The lowest BCUT2D eigenvalue weighted by atomic mass is 10.2. The molecule has 1 heterocycles. The Bertz CT molecular complexity index is 841. The number of guanidine groups is 1. The Labute approximate surface area is 176 Å². The molecule has 2 aromatic carbocycles. The van der Waals surface area contributed by atoms with E-state index in [1.807, 2.05) is 72.8 Å². The third-order valence-electron chi connectivity index (χ3n) is 3.72. The maximum atomic E-state index is 5.93. The van der Waals surface area contributed by atoms with Gasteiger partial charge in [-0.05, 0) is 42.0 Å². The zero-order valence-electron chi connectivity index (χ0n) is 14.9. The quantitative estimate of drug-likeness (QED) is 0.307. The van der Waals surface area contributed by atoms with Gasteiger partial charge in [-0.3, -0.25) is 4.98 Å². The SMILES string of the molecule is I.NC(=NCc1cccc(Oc2ccccc2)c1)NCCc1ccccn1. The second-order valence-corrected chi connectivity index (χ2v) is 5.76. The van der Waals surface area contributed by atoms with Crippen LogP contribution in [0, 0.1) is 0 Å². The van der Waals surface area contributed by atoms with Crippen LogP contribution in [0.25, 0.3) is 0 Å². The summed E-state index contributed by atoms with van der Waals surface area (Å²) in [5.41, 5.74) is 8.00. The number of pyridine rings is 1. The summed E-state index contributed by atoms with van der Waals surface area (Å²) >= 11 is 0. The molecule has 3 rings (SSSR count). The summed E-state index contributed by atoms with van der Waals surface area (Å²) in [6.07, 6.45) is 2.59. The lowest BCUT2D eigenvalue weighted by molar-refractivity contribution is 0.482. The van der Waals surface area contributed by atoms with E-state index < -0.39 is 0 Å². The standard InChI is InChI=1S/C21H22N4O.HI/c22-21(24-14-12-18-8-4-5-13-23-18)25-16-17-7-6-11-20(15-17)26-19-9-2-1-3-10-19;/h1-11,13,15H,12,14,16H2,(H3,22,24,25);1H. The number of rotatable bonds is 7. The Morgan fingerprint density at radius 2 is 1.74 bits per heavy atom. The molecule has 0 saturated heterocycles. The second-order valence-electron chi connectivity index (χ2n) is 5.76. The van der Waals surface area contributed by atoms with Gasteiger partial charge in [0.1, 0.15) is 11.5 Å². The zero-order chi connectivity index (χ0) is 18.0. The first kappa shape index (κ1) is 20.7. The molecule has 0 saturated carbocycles. The first-order chi connectivity index (χ1) is 12.8. The summed E-state index contributed by atoms with van der Waals surface area (Å²) in [5.74, 6) is 2.02. The number of para-hydroxylation sites is 1. The smallest absolute Gasteiger partial charge is 0.188 e. The van der Waals surface area contributed by atoms with Gasteiger partial charge in [0.05, 0.1) is 6.54 Å². The fraction of sp³-hybridized carbons (Fsp3) is 0.143. The molecule has 0 fully saturated rings. The molecule has 6 heteroatoms. The second kappa shape index (κ2) is 11.2. The number of hydrogen-bond donors (Lipinski definition) is 2. The number of aromatic nitrogens is 1. The van der Waals surface area contributed by atoms with Crippen LogP contribution in [0.3, 0.4) is 0 Å². The Balaban J connectivity index is 0.00000261. The summed E-state index contributed by atoms with van der Waals surface area (Å²) in [4.78, 5) is 8.66. The Kier molecular flexibility index (Phi) is 8.57. The van der Waals surface area contributed by atoms with Crippen LogP contribution < -0.4 is 15.8 Å². The molecule has 3 N–H and O–H groups in total. The van der Waals surface area contributed by atoms with Gasteiger partial charge in [-0.25, -0.2) is 4.99 Å². The predicted molar refractivity (Wildman–Crippen MR) is 120 cm³/mol. The molecule has 27 heavy (non-hydrogen) atoms. The number of benzene rings is 2. The van der Waals surface area contributed by atoms with Crippen LogP contribution in [-0.2, 0) is 13.0 Å². The van der Waals surface area contributed by atoms with E-state index >= 15 is 0 Å². The highest BCUT2D eigenvalue weighted by Crippen LogP contribution is 2.22. The summed E-state index contributed by atoms with van der Waals surface area (Å²) in [5, 5.41) is 3.11. The van der Waals surface area contributed by atoms with Crippen molar-refractivity contribution in [2.45, 2.75) is 13.0 Å². The molecule has 0 aliphatic heterocycles. The van der Waals surface area contributed by atoms with Gasteiger partial charge in [0, 0.05) is 24.9 Å². The number of aliphatic imine (C=N–C) groups is 1. The van der Waals surface area contributed by atoms with Crippen molar-refractivity contribution in [2.75, 3.05) is 6.54 Å². The molecule has 0 atom stereocenters. The van der Waals surface area contributed by atoms with Crippen LogP contribution in [0.1, 0.15) is 11.3 Å². The molecule has 1 aromatic heterocycles. The van der Waals surface area contributed by atoms with Crippen molar-refractivity contribution in [2.24, 2.45) is 10.7 Å². The molecule has 0 aliphatic carbocycles. The number of halogens is 1. The van der Waals surface area contributed by atoms with Crippen molar-refractivity contribution < 1.29 is 4.74 Å². The van der Waals surface area contributed by atoms with E-state index in [4.69, 9.17) is 10.5 Å². The lowest BCUT2D eigenvalue weighted by Crippen LogP contribution is -2.33. The van der Waals surface area contributed by atoms with E-state index in [0.717, 1.165) is 29.2 Å². The third kappa shape index (κ3) is 7.26. The fourth-order valence-corrected chi connectivity index (χ4v) is 2.43. The highest BCUT2D eigenvalue weighted by molar-refractivity contribution is 14.0. The van der Waals surface area contributed by atoms with Gasteiger partial charge in [-0.15, -0.1) is 24.0 Å². The van der Waals surface area contributed by atoms with Crippen LogP contribution in [-0.4, -0.2) is 17.5 Å². The third-order valence-corrected chi connectivity index (χ3v) is 3.72. The van der Waals surface area contributed by atoms with Gasteiger partial charge in [-0.1, -0.05) is 36.4 Å². The monoisotopic (exact) mass is 474 g/mol. The molecule has 0 amide bonds. The molecular formula is C21H23IN4O. The molecule has 3 aromatic rings. The van der Waals surface area contributed by atoms with Crippen molar-refractivity contribution in [3.05, 3.63) is 90.3 Å². The minimum atomic E-state index is 0. The number of nitrogens with two attached hydrogens (primary N) is 1. The summed E-state index contributed by atoms with van der Waals surface area (Å²) < 4.78 is 5.84. The molecule has 0 bridgehead atoms. The summed E-state index contributed by atoms with van der Waals surface area (Å²) in [6, 6.07) is 23.4. The minimum absolute atomic E-state index is 0. The Morgan fingerprint density at radius 1 is 0.963 bits per heavy atom. The molecule has 0 radical (unpaired) electrons. The van der Waals surface area contributed by atoms with Crippen molar-refractivity contribution in [1.82, 2.24) is 10.3 Å². The largest absolute Gasteiger partial charge is 0.457 e. The van der Waals surface area contributed by atoms with Crippen LogP contribution in [0.2, 0.25) is 0 Å². The van der Waals surface area contributed by atoms with Gasteiger partial charge in [0.2, 0.25) is 0 Å². The topological polar surface area (TPSA) is 72.5 Å².